The molecule has 18 heavy (non-hydrogen) atoms. The van der Waals surface area contributed by atoms with Gasteiger partial charge in [0.15, 0.2) is 5.78 Å². The fourth-order valence-corrected chi connectivity index (χ4v) is 2.40. The molecule has 1 aromatic rings. The van der Waals surface area contributed by atoms with Crippen molar-refractivity contribution >= 4 is 21.7 Å². The van der Waals surface area contributed by atoms with E-state index in [4.69, 9.17) is 0 Å². The summed E-state index contributed by atoms with van der Waals surface area (Å²) in [7, 11) is 0. The zero-order valence-electron chi connectivity index (χ0n) is 11.0. The molecule has 0 aromatic heterocycles. The van der Waals surface area contributed by atoms with E-state index in [1.54, 1.807) is 18.2 Å². The summed E-state index contributed by atoms with van der Waals surface area (Å²) in [6.07, 6.45) is 4.74. The summed E-state index contributed by atoms with van der Waals surface area (Å²) in [5.41, 5.74) is 0.208. The number of carbonyl (C=O) groups is 1. The fraction of sp³-hybridized carbons (Fsp3) is 0.533. The molecule has 1 atom stereocenters. The lowest BCUT2D eigenvalue weighted by Crippen LogP contribution is -2.10. The highest BCUT2D eigenvalue weighted by Gasteiger charge is 2.17. The van der Waals surface area contributed by atoms with Crippen molar-refractivity contribution in [2.75, 3.05) is 0 Å². The van der Waals surface area contributed by atoms with Gasteiger partial charge < -0.3 is 0 Å². The monoisotopic (exact) mass is 314 g/mol. The molecule has 1 unspecified atom stereocenters. The Hall–Kier alpha value is -0.700. The lowest BCUT2D eigenvalue weighted by molar-refractivity contribution is 0.0953. The molecule has 1 nitrogen and oxygen atoms in total. The average molecular weight is 315 g/mol. The minimum absolute atomic E-state index is 0.0863. The largest absolute Gasteiger partial charge is 0.294 e. The number of benzene rings is 1. The maximum absolute atomic E-state index is 13.8. The van der Waals surface area contributed by atoms with E-state index in [0.717, 1.165) is 25.7 Å². The maximum Gasteiger partial charge on any atom is 0.166 e. The molecule has 0 spiro atoms. The minimum atomic E-state index is -0.437. The predicted octanol–water partition coefficient (Wildman–Crippen LogP) is 5.38. The van der Waals surface area contributed by atoms with Crippen LogP contribution in [0.3, 0.4) is 0 Å². The Kier molecular flexibility index (Phi) is 6.55. The van der Waals surface area contributed by atoms with Crippen LogP contribution in [0.15, 0.2) is 22.7 Å². The van der Waals surface area contributed by atoms with E-state index in [1.807, 2.05) is 0 Å². The molecule has 0 aliphatic heterocycles. The van der Waals surface area contributed by atoms with Gasteiger partial charge in [0.2, 0.25) is 0 Å². The number of unbranched alkanes of at least 4 members (excludes halogenated alkanes) is 1. The molecule has 1 rings (SSSR count). The molecule has 0 radical (unpaired) electrons. The third-order valence-corrected chi connectivity index (χ3v) is 3.88. The predicted molar refractivity (Wildman–Crippen MR) is 76.4 cm³/mol. The molecule has 0 heterocycles. The Morgan fingerprint density at radius 2 is 2.11 bits per heavy atom. The van der Waals surface area contributed by atoms with Gasteiger partial charge in [-0.25, -0.2) is 4.39 Å². The Morgan fingerprint density at radius 3 is 2.72 bits per heavy atom. The molecule has 100 valence electrons. The first-order valence-electron chi connectivity index (χ1n) is 6.57. The molecule has 0 aliphatic carbocycles. The van der Waals surface area contributed by atoms with Crippen molar-refractivity contribution in [1.82, 2.24) is 0 Å². The average Bonchev–Trinajstić information content (AvgIpc) is 2.37. The summed E-state index contributed by atoms with van der Waals surface area (Å²) >= 11 is 3.11. The highest BCUT2D eigenvalue weighted by Crippen LogP contribution is 2.23. The van der Waals surface area contributed by atoms with Crippen LogP contribution in [0.1, 0.15) is 56.3 Å². The number of hydrogen-bond donors (Lipinski definition) is 0. The van der Waals surface area contributed by atoms with Crippen molar-refractivity contribution in [3.63, 3.8) is 0 Å². The second-order valence-corrected chi connectivity index (χ2v) is 5.50. The molecule has 0 bridgehead atoms. The number of carbonyl (C=O) groups excluding carboxylic acids is 1. The minimum Gasteiger partial charge on any atom is -0.294 e. The van der Waals surface area contributed by atoms with E-state index in [0.29, 0.717) is 16.8 Å². The fourth-order valence-electron chi connectivity index (χ4n) is 2.03. The summed E-state index contributed by atoms with van der Waals surface area (Å²) in [5, 5.41) is 0. The third kappa shape index (κ3) is 4.20. The molecular weight excluding hydrogens is 295 g/mol. The molecular formula is C15H20BrFO. The number of hydrogen-bond acceptors (Lipinski definition) is 1. The van der Waals surface area contributed by atoms with Crippen LogP contribution in [-0.2, 0) is 0 Å². The molecule has 3 heteroatoms. The first kappa shape index (κ1) is 15.4. The standard InChI is InChI=1S/C15H20BrFO/c1-3-5-7-11(4-2)10-14(18)12-8-6-9-13(16)15(12)17/h6,8-9,11H,3-5,7,10H2,1-2H3. The summed E-state index contributed by atoms with van der Waals surface area (Å²) in [6, 6.07) is 4.88. The molecule has 0 amide bonds. The Bertz CT molecular complexity index is 403. The van der Waals surface area contributed by atoms with Gasteiger partial charge in [0.25, 0.3) is 0 Å². The van der Waals surface area contributed by atoms with Gasteiger partial charge in [-0.15, -0.1) is 0 Å². The van der Waals surface area contributed by atoms with Crippen LogP contribution in [0.5, 0.6) is 0 Å². The van der Waals surface area contributed by atoms with Crippen LogP contribution in [0.25, 0.3) is 0 Å². The van der Waals surface area contributed by atoms with Gasteiger partial charge in [-0.1, -0.05) is 45.6 Å². The van der Waals surface area contributed by atoms with Gasteiger partial charge in [0.1, 0.15) is 5.82 Å². The van der Waals surface area contributed by atoms with Crippen molar-refractivity contribution in [2.45, 2.75) is 46.0 Å². The Morgan fingerprint density at radius 1 is 1.39 bits per heavy atom. The highest BCUT2D eigenvalue weighted by atomic mass is 79.9. The van der Waals surface area contributed by atoms with Gasteiger partial charge >= 0.3 is 0 Å². The molecule has 0 saturated carbocycles. The Labute approximate surface area is 117 Å². The molecule has 1 aromatic carbocycles. The van der Waals surface area contributed by atoms with Crippen LogP contribution in [0.2, 0.25) is 0 Å². The number of ketones is 1. The van der Waals surface area contributed by atoms with Crippen LogP contribution in [-0.4, -0.2) is 5.78 Å². The van der Waals surface area contributed by atoms with Crippen LogP contribution in [0, 0.1) is 11.7 Å². The number of rotatable bonds is 7. The van der Waals surface area contributed by atoms with Gasteiger partial charge in [-0.3, -0.25) is 4.79 Å². The summed E-state index contributed by atoms with van der Waals surface area (Å²) in [5.74, 6) is -0.152. The maximum atomic E-state index is 13.8. The van der Waals surface area contributed by atoms with E-state index in [-0.39, 0.29) is 11.3 Å². The third-order valence-electron chi connectivity index (χ3n) is 3.27. The van der Waals surface area contributed by atoms with Gasteiger partial charge in [-0.2, -0.15) is 0 Å². The number of halogens is 2. The van der Waals surface area contributed by atoms with Crippen molar-refractivity contribution < 1.29 is 9.18 Å². The Balaban J connectivity index is 2.72. The molecule has 0 saturated heterocycles. The van der Waals surface area contributed by atoms with Crippen LogP contribution in [0.4, 0.5) is 4.39 Å². The summed E-state index contributed by atoms with van der Waals surface area (Å²) < 4.78 is 14.1. The molecule has 0 aliphatic rings. The SMILES string of the molecule is CCCCC(CC)CC(=O)c1cccc(Br)c1F. The number of Topliss-reactive ketones (excluding diaryl/α,β-unsaturated/α-hetero) is 1. The molecule has 0 fully saturated rings. The van der Waals surface area contributed by atoms with Crippen LogP contribution >= 0.6 is 15.9 Å². The summed E-state index contributed by atoms with van der Waals surface area (Å²) in [4.78, 5) is 12.1. The first-order chi connectivity index (χ1) is 8.60. The van der Waals surface area contributed by atoms with E-state index >= 15 is 0 Å². The quantitative estimate of drug-likeness (QED) is 0.618. The molecule has 0 N–H and O–H groups in total. The van der Waals surface area contributed by atoms with E-state index in [9.17, 15) is 9.18 Å². The zero-order chi connectivity index (χ0) is 13.5. The van der Waals surface area contributed by atoms with Crippen molar-refractivity contribution in [1.29, 1.82) is 0 Å². The van der Waals surface area contributed by atoms with Gasteiger partial charge in [0.05, 0.1) is 10.0 Å². The van der Waals surface area contributed by atoms with Crippen LogP contribution < -0.4 is 0 Å². The van der Waals surface area contributed by atoms with Crippen molar-refractivity contribution in [3.05, 3.63) is 34.1 Å². The topological polar surface area (TPSA) is 17.1 Å². The van der Waals surface area contributed by atoms with Crippen molar-refractivity contribution in [2.24, 2.45) is 5.92 Å². The normalized spacial score (nSPS) is 12.4. The summed E-state index contributed by atoms with van der Waals surface area (Å²) in [6.45, 7) is 4.23. The second-order valence-electron chi connectivity index (χ2n) is 4.65. The smallest absolute Gasteiger partial charge is 0.166 e. The van der Waals surface area contributed by atoms with Gasteiger partial charge in [0, 0.05) is 6.42 Å². The van der Waals surface area contributed by atoms with Crippen molar-refractivity contribution in [3.8, 4) is 0 Å². The van der Waals surface area contributed by atoms with E-state index in [1.165, 1.54) is 0 Å². The van der Waals surface area contributed by atoms with E-state index in [2.05, 4.69) is 29.8 Å². The first-order valence-corrected chi connectivity index (χ1v) is 7.36. The van der Waals surface area contributed by atoms with Gasteiger partial charge in [-0.05, 0) is 34.0 Å². The lowest BCUT2D eigenvalue weighted by Gasteiger charge is -2.13. The lowest BCUT2D eigenvalue weighted by atomic mass is 9.91. The second kappa shape index (κ2) is 7.67. The zero-order valence-corrected chi connectivity index (χ0v) is 12.6. The highest BCUT2D eigenvalue weighted by molar-refractivity contribution is 9.10. The van der Waals surface area contributed by atoms with E-state index < -0.39 is 5.82 Å².